The molecular weight excluding hydrogens is 539 g/mol. The van der Waals surface area contributed by atoms with Gasteiger partial charge in [-0.15, -0.1) is 0 Å². The summed E-state index contributed by atoms with van der Waals surface area (Å²) in [5, 5.41) is 9.06. The molecule has 1 aliphatic heterocycles. The molecule has 2 amide bonds. The van der Waals surface area contributed by atoms with Crippen LogP contribution in [0.15, 0.2) is 41.3 Å². The van der Waals surface area contributed by atoms with Gasteiger partial charge in [0.25, 0.3) is 11.1 Å². The summed E-state index contributed by atoms with van der Waals surface area (Å²) in [4.78, 5) is 26.6. The number of hydrogen-bond donors (Lipinski definition) is 0. The van der Waals surface area contributed by atoms with Gasteiger partial charge in [-0.3, -0.25) is 14.5 Å². The van der Waals surface area contributed by atoms with Crippen molar-refractivity contribution in [3.63, 3.8) is 0 Å². The number of carbonyl (C=O) groups excluding carboxylic acids is 2. The molecule has 1 heterocycles. The van der Waals surface area contributed by atoms with Gasteiger partial charge in [0.15, 0.2) is 11.5 Å². The van der Waals surface area contributed by atoms with Crippen molar-refractivity contribution >= 4 is 51.6 Å². The van der Waals surface area contributed by atoms with E-state index in [9.17, 15) is 14.9 Å². The fourth-order valence-electron chi connectivity index (χ4n) is 3.14. The Labute approximate surface area is 205 Å². The van der Waals surface area contributed by atoms with Gasteiger partial charge in [-0.1, -0.05) is 31.5 Å². The minimum atomic E-state index is -0.255. The van der Waals surface area contributed by atoms with E-state index in [1.807, 2.05) is 38.1 Å². The van der Waals surface area contributed by atoms with Gasteiger partial charge in [-0.2, -0.15) is 5.26 Å². The van der Waals surface area contributed by atoms with Crippen molar-refractivity contribution in [3.05, 3.63) is 61.6 Å². The van der Waals surface area contributed by atoms with Crippen LogP contribution in [0.25, 0.3) is 6.08 Å². The van der Waals surface area contributed by atoms with Crippen molar-refractivity contribution in [2.75, 3.05) is 13.2 Å². The Morgan fingerprint density at radius 1 is 1.19 bits per heavy atom. The van der Waals surface area contributed by atoms with Gasteiger partial charge < -0.3 is 9.47 Å². The van der Waals surface area contributed by atoms with Crippen LogP contribution in [0.1, 0.15) is 43.4 Å². The maximum atomic E-state index is 12.6. The molecule has 0 N–H and O–H groups in total. The number of hydrogen-bond acceptors (Lipinski definition) is 6. The molecule has 1 aliphatic rings. The van der Waals surface area contributed by atoms with Crippen molar-refractivity contribution in [2.45, 2.75) is 33.3 Å². The SMILES string of the molecule is CCCCN1C(=O)S/C(=C\c2cc(I)c(OCc3ccccc3C#N)c(OCC)c2)C1=O. The second-order valence-corrected chi connectivity index (χ2v) is 9.16. The first kappa shape index (κ1) is 24.1. The monoisotopic (exact) mass is 562 g/mol. The molecule has 0 atom stereocenters. The molecule has 0 bridgehead atoms. The molecule has 0 aromatic heterocycles. The average Bonchev–Trinajstić information content (AvgIpc) is 3.04. The number of nitrogens with zero attached hydrogens (tertiary/aromatic N) is 2. The Morgan fingerprint density at radius 2 is 1.97 bits per heavy atom. The van der Waals surface area contributed by atoms with E-state index in [2.05, 4.69) is 28.7 Å². The van der Waals surface area contributed by atoms with Gasteiger partial charge in [-0.05, 0) is 77.5 Å². The molecule has 0 spiro atoms. The molecule has 2 aromatic carbocycles. The number of imide groups is 1. The fourth-order valence-corrected chi connectivity index (χ4v) is 4.79. The molecule has 1 fully saturated rings. The molecule has 0 aliphatic carbocycles. The molecule has 3 rings (SSSR count). The standard InChI is InChI=1S/C24H23IN2O4S/c1-3-5-10-27-23(28)21(32-24(27)29)13-16-11-19(25)22(20(12-16)30-4-2)31-15-18-9-7-6-8-17(18)14-26/h6-9,11-13H,3-5,10,15H2,1-2H3/b21-13-. The largest absolute Gasteiger partial charge is 0.490 e. The van der Waals surface area contributed by atoms with Crippen molar-refractivity contribution in [2.24, 2.45) is 0 Å². The van der Waals surface area contributed by atoms with E-state index in [1.165, 1.54) is 4.90 Å². The predicted octanol–water partition coefficient (Wildman–Crippen LogP) is 5.98. The predicted molar refractivity (Wildman–Crippen MR) is 133 cm³/mol. The lowest BCUT2D eigenvalue weighted by molar-refractivity contribution is -0.122. The highest BCUT2D eigenvalue weighted by atomic mass is 127. The molecule has 1 saturated heterocycles. The van der Waals surface area contributed by atoms with Crippen LogP contribution in [-0.4, -0.2) is 29.2 Å². The third-order valence-corrected chi connectivity index (χ3v) is 6.46. The highest BCUT2D eigenvalue weighted by Gasteiger charge is 2.34. The second-order valence-electron chi connectivity index (χ2n) is 7.01. The number of unbranched alkanes of at least 4 members (excludes halogenated alkanes) is 1. The van der Waals surface area contributed by atoms with Crippen LogP contribution in [0.4, 0.5) is 4.79 Å². The van der Waals surface area contributed by atoms with E-state index in [1.54, 1.807) is 18.2 Å². The third-order valence-electron chi connectivity index (χ3n) is 4.75. The van der Waals surface area contributed by atoms with E-state index in [-0.39, 0.29) is 17.8 Å². The second kappa shape index (κ2) is 11.4. The zero-order chi connectivity index (χ0) is 23.1. The summed E-state index contributed by atoms with van der Waals surface area (Å²) in [6.45, 7) is 5.02. The zero-order valence-electron chi connectivity index (χ0n) is 17.9. The normalized spacial score (nSPS) is 14.7. The summed E-state index contributed by atoms with van der Waals surface area (Å²) in [7, 11) is 0. The molecular formula is C24H23IN2O4S. The summed E-state index contributed by atoms with van der Waals surface area (Å²) in [6.07, 6.45) is 3.42. The molecule has 0 unspecified atom stereocenters. The minimum Gasteiger partial charge on any atom is -0.490 e. The fraction of sp³-hybridized carbons (Fsp3) is 0.292. The van der Waals surface area contributed by atoms with Crippen LogP contribution in [0.2, 0.25) is 0 Å². The van der Waals surface area contributed by atoms with Crippen LogP contribution in [0.5, 0.6) is 11.5 Å². The molecule has 2 aromatic rings. The minimum absolute atomic E-state index is 0.231. The Hall–Kier alpha value is -2.51. The first-order valence-corrected chi connectivity index (χ1v) is 12.2. The molecule has 8 heteroatoms. The summed E-state index contributed by atoms with van der Waals surface area (Å²) in [5.41, 5.74) is 2.11. The number of carbonyl (C=O) groups is 2. The number of ether oxygens (including phenoxy) is 2. The highest BCUT2D eigenvalue weighted by Crippen LogP contribution is 2.38. The summed E-state index contributed by atoms with van der Waals surface area (Å²) >= 11 is 3.12. The Bertz CT molecular complexity index is 1090. The van der Waals surface area contributed by atoms with Gasteiger partial charge in [0.2, 0.25) is 0 Å². The molecule has 0 saturated carbocycles. The van der Waals surface area contributed by atoms with Crippen molar-refractivity contribution in [3.8, 4) is 17.6 Å². The van der Waals surface area contributed by atoms with E-state index in [0.29, 0.717) is 35.1 Å². The summed E-state index contributed by atoms with van der Waals surface area (Å²) < 4.78 is 12.6. The Balaban J connectivity index is 1.86. The quantitative estimate of drug-likeness (QED) is 0.277. The lowest BCUT2D eigenvalue weighted by atomic mass is 10.1. The first-order valence-electron chi connectivity index (χ1n) is 10.3. The molecule has 6 nitrogen and oxygen atoms in total. The Kier molecular flexibility index (Phi) is 8.59. The number of halogens is 1. The highest BCUT2D eigenvalue weighted by molar-refractivity contribution is 14.1. The smallest absolute Gasteiger partial charge is 0.293 e. The zero-order valence-corrected chi connectivity index (χ0v) is 20.9. The lowest BCUT2D eigenvalue weighted by Gasteiger charge is -2.15. The molecule has 0 radical (unpaired) electrons. The third kappa shape index (κ3) is 5.64. The van der Waals surface area contributed by atoms with E-state index in [4.69, 9.17) is 9.47 Å². The molecule has 166 valence electrons. The summed E-state index contributed by atoms with van der Waals surface area (Å²) in [5.74, 6) is 0.869. The van der Waals surface area contributed by atoms with Crippen molar-refractivity contribution in [1.29, 1.82) is 5.26 Å². The van der Waals surface area contributed by atoms with Gasteiger partial charge >= 0.3 is 0 Å². The van der Waals surface area contributed by atoms with Crippen LogP contribution in [-0.2, 0) is 11.4 Å². The number of rotatable bonds is 9. The maximum Gasteiger partial charge on any atom is 0.293 e. The number of amides is 2. The maximum absolute atomic E-state index is 12.6. The van der Waals surface area contributed by atoms with Crippen LogP contribution in [0.3, 0.4) is 0 Å². The summed E-state index contributed by atoms with van der Waals surface area (Å²) in [6, 6.07) is 13.2. The molecule has 32 heavy (non-hydrogen) atoms. The van der Waals surface area contributed by atoms with Gasteiger partial charge in [0.05, 0.1) is 26.7 Å². The van der Waals surface area contributed by atoms with Crippen LogP contribution >= 0.6 is 34.4 Å². The van der Waals surface area contributed by atoms with Crippen LogP contribution < -0.4 is 9.47 Å². The van der Waals surface area contributed by atoms with E-state index >= 15 is 0 Å². The number of nitriles is 1. The van der Waals surface area contributed by atoms with Crippen molar-refractivity contribution in [1.82, 2.24) is 4.90 Å². The topological polar surface area (TPSA) is 79.6 Å². The Morgan fingerprint density at radius 3 is 2.69 bits per heavy atom. The number of thioether (sulfide) groups is 1. The van der Waals surface area contributed by atoms with E-state index < -0.39 is 0 Å². The van der Waals surface area contributed by atoms with E-state index in [0.717, 1.165) is 39.3 Å². The van der Waals surface area contributed by atoms with Crippen LogP contribution in [0, 0.1) is 14.9 Å². The number of benzene rings is 2. The van der Waals surface area contributed by atoms with Crippen molar-refractivity contribution < 1.29 is 19.1 Å². The van der Waals surface area contributed by atoms with Gasteiger partial charge in [-0.25, -0.2) is 0 Å². The van der Waals surface area contributed by atoms with Gasteiger partial charge in [0, 0.05) is 12.1 Å². The first-order chi connectivity index (χ1) is 15.5. The van der Waals surface area contributed by atoms with Gasteiger partial charge in [0.1, 0.15) is 6.61 Å². The average molecular weight is 562 g/mol. The lowest BCUT2D eigenvalue weighted by Crippen LogP contribution is -2.29.